The zero-order valence-corrected chi connectivity index (χ0v) is 13.7. The average Bonchev–Trinajstić information content (AvgIpc) is 2.58. The van der Waals surface area contributed by atoms with Crippen LogP contribution in [0.1, 0.15) is 30.9 Å². The number of aromatic hydroxyl groups is 1. The number of benzene rings is 2. The van der Waals surface area contributed by atoms with E-state index in [1.165, 1.54) is 5.56 Å². The zero-order chi connectivity index (χ0) is 16.9. The van der Waals surface area contributed by atoms with Gasteiger partial charge >= 0.3 is 0 Å². The summed E-state index contributed by atoms with van der Waals surface area (Å²) in [7, 11) is 0. The lowest BCUT2D eigenvalue weighted by Gasteiger charge is -2.05. The van der Waals surface area contributed by atoms with E-state index in [1.54, 1.807) is 12.1 Å². The molecule has 2 aromatic rings. The molecule has 0 aliphatic carbocycles. The topological polar surface area (TPSA) is 75.3 Å². The van der Waals surface area contributed by atoms with Crippen LogP contribution in [0.3, 0.4) is 0 Å². The van der Waals surface area contributed by atoms with E-state index in [2.05, 4.69) is 24.4 Å². The number of phenols is 1. The van der Waals surface area contributed by atoms with Crippen LogP contribution in [0.25, 0.3) is 0 Å². The second kappa shape index (κ2) is 11.3. The Bertz CT molecular complexity index is 571. The van der Waals surface area contributed by atoms with E-state index in [-0.39, 0.29) is 5.75 Å². The Morgan fingerprint density at radius 2 is 1.83 bits per heavy atom. The number of nitrogens with one attached hydrogen (secondary N) is 1. The van der Waals surface area contributed by atoms with Crippen LogP contribution in [0.2, 0.25) is 0 Å². The lowest BCUT2D eigenvalue weighted by molar-refractivity contribution is -0.105. The summed E-state index contributed by atoms with van der Waals surface area (Å²) in [6.45, 7) is 2.87. The number of rotatable bonds is 7. The van der Waals surface area contributed by atoms with Crippen molar-refractivity contribution in [1.82, 2.24) is 0 Å². The highest BCUT2D eigenvalue weighted by Crippen LogP contribution is 2.24. The molecule has 0 saturated carbocycles. The van der Waals surface area contributed by atoms with Crippen molar-refractivity contribution in [1.29, 1.82) is 0 Å². The van der Waals surface area contributed by atoms with Crippen molar-refractivity contribution in [3.8, 4) is 5.75 Å². The predicted octanol–water partition coefficient (Wildman–Crippen LogP) is 3.49. The molecule has 0 spiro atoms. The molecule has 2 rings (SSSR count). The zero-order valence-electron chi connectivity index (χ0n) is 13.7. The average molecular weight is 314 g/mol. The Labute approximate surface area is 138 Å². The van der Waals surface area contributed by atoms with E-state index < -0.39 is 0 Å². The summed E-state index contributed by atoms with van der Waals surface area (Å²) in [4.78, 5) is 10.2. The first kappa shape index (κ1) is 18.7. The molecule has 4 heteroatoms. The van der Waals surface area contributed by atoms with Gasteiger partial charge in [-0.15, -0.1) is 0 Å². The van der Waals surface area contributed by atoms with Crippen molar-refractivity contribution >= 4 is 12.1 Å². The fourth-order valence-corrected chi connectivity index (χ4v) is 2.11. The van der Waals surface area contributed by atoms with Gasteiger partial charge in [-0.2, -0.15) is 0 Å². The minimum Gasteiger partial charge on any atom is -0.506 e. The monoisotopic (exact) mass is 314 g/mol. The number of carbonyl (C=O) groups is 1. The molecule has 0 aliphatic heterocycles. The van der Waals surface area contributed by atoms with Crippen LogP contribution in [0, 0.1) is 0 Å². The summed E-state index contributed by atoms with van der Waals surface area (Å²) >= 11 is 0. The molecular weight excluding hydrogens is 288 g/mol. The molecule has 0 bridgehead atoms. The molecule has 124 valence electrons. The maximum Gasteiger partial charge on any atom is 0.211 e. The van der Waals surface area contributed by atoms with Crippen molar-refractivity contribution in [3.05, 3.63) is 59.7 Å². The van der Waals surface area contributed by atoms with Crippen molar-refractivity contribution in [2.45, 2.75) is 32.6 Å². The fourth-order valence-electron chi connectivity index (χ4n) is 2.11. The van der Waals surface area contributed by atoms with Crippen molar-refractivity contribution in [2.75, 3.05) is 11.9 Å². The molecule has 0 radical (unpaired) electrons. The molecule has 2 aromatic carbocycles. The quantitative estimate of drug-likeness (QED) is 0.541. The van der Waals surface area contributed by atoms with E-state index in [1.807, 2.05) is 24.3 Å². The molecule has 0 unspecified atom stereocenters. The summed E-state index contributed by atoms with van der Waals surface area (Å²) in [6, 6.07) is 15.5. The van der Waals surface area contributed by atoms with Gasteiger partial charge in [0.15, 0.2) is 0 Å². The largest absolute Gasteiger partial charge is 0.506 e. The highest BCUT2D eigenvalue weighted by molar-refractivity contribution is 5.75. The van der Waals surface area contributed by atoms with Gasteiger partial charge in [-0.1, -0.05) is 49.7 Å². The van der Waals surface area contributed by atoms with Crippen LogP contribution in [0.15, 0.2) is 48.5 Å². The van der Waals surface area contributed by atoms with Crippen LogP contribution in [0.4, 0.5) is 5.69 Å². The molecule has 4 nitrogen and oxygen atoms in total. The van der Waals surface area contributed by atoms with Crippen LogP contribution in [-0.2, 0) is 17.6 Å². The van der Waals surface area contributed by atoms with Gasteiger partial charge in [0.1, 0.15) is 5.75 Å². The van der Waals surface area contributed by atoms with E-state index in [0.717, 1.165) is 37.8 Å². The Morgan fingerprint density at radius 3 is 2.43 bits per heavy atom. The fraction of sp³-hybridized carbons (Fsp3) is 0.316. The number of phenolic OH excluding ortho intramolecular Hbond substituents is 1. The number of nitrogens with two attached hydrogens (primary N) is 1. The minimum atomic E-state index is 0.109. The first-order valence-corrected chi connectivity index (χ1v) is 7.97. The number of amides is 1. The molecule has 0 heterocycles. The standard InChI is InChI=1S/C11H15NO2.C8H11N/c1-2-3-4-9-5-6-11(14)10(7-9)12-8-13;9-7-6-8-4-2-1-3-5-8/h5-8,14H,2-4H2,1H3,(H,12,13);1-5H,6-7,9H2. The molecule has 4 N–H and O–H groups in total. The highest BCUT2D eigenvalue weighted by atomic mass is 16.3. The summed E-state index contributed by atoms with van der Waals surface area (Å²) < 4.78 is 0. The molecule has 23 heavy (non-hydrogen) atoms. The van der Waals surface area contributed by atoms with Crippen LogP contribution in [-0.4, -0.2) is 18.1 Å². The predicted molar refractivity (Wildman–Crippen MR) is 95.6 cm³/mol. The van der Waals surface area contributed by atoms with Gasteiger partial charge in [0.2, 0.25) is 6.41 Å². The van der Waals surface area contributed by atoms with E-state index in [9.17, 15) is 9.90 Å². The SMILES string of the molecule is CCCCc1ccc(O)c(NC=O)c1.NCCc1ccccc1. The molecule has 1 amide bonds. The highest BCUT2D eigenvalue weighted by Gasteiger charge is 2.01. The van der Waals surface area contributed by atoms with Gasteiger partial charge in [0.25, 0.3) is 0 Å². The number of aryl methyl sites for hydroxylation is 1. The summed E-state index contributed by atoms with van der Waals surface area (Å²) in [5.41, 5.74) is 8.29. The number of carbonyl (C=O) groups excluding carboxylic acids is 1. The summed E-state index contributed by atoms with van der Waals surface area (Å²) in [5.74, 6) is 0.109. The Morgan fingerprint density at radius 1 is 1.09 bits per heavy atom. The molecule has 0 aliphatic rings. The third-order valence-electron chi connectivity index (χ3n) is 3.37. The van der Waals surface area contributed by atoms with Crippen LogP contribution < -0.4 is 11.1 Å². The third kappa shape index (κ3) is 7.47. The smallest absolute Gasteiger partial charge is 0.211 e. The molecular formula is C19H26N2O2. The number of anilines is 1. The van der Waals surface area contributed by atoms with E-state index in [0.29, 0.717) is 12.1 Å². The maximum atomic E-state index is 10.2. The molecule has 0 fully saturated rings. The molecule has 0 atom stereocenters. The van der Waals surface area contributed by atoms with E-state index >= 15 is 0 Å². The third-order valence-corrected chi connectivity index (χ3v) is 3.37. The van der Waals surface area contributed by atoms with Crippen LogP contribution in [0.5, 0.6) is 5.75 Å². The van der Waals surface area contributed by atoms with Crippen LogP contribution >= 0.6 is 0 Å². The van der Waals surface area contributed by atoms with Gasteiger partial charge in [-0.05, 0) is 49.1 Å². The van der Waals surface area contributed by atoms with Gasteiger partial charge in [-0.3, -0.25) is 4.79 Å². The van der Waals surface area contributed by atoms with Crippen molar-refractivity contribution < 1.29 is 9.90 Å². The van der Waals surface area contributed by atoms with Gasteiger partial charge in [0.05, 0.1) is 5.69 Å². The maximum absolute atomic E-state index is 10.2. The second-order valence-electron chi connectivity index (χ2n) is 5.24. The van der Waals surface area contributed by atoms with Gasteiger partial charge < -0.3 is 16.2 Å². The normalized spacial score (nSPS) is 9.65. The number of hydrogen-bond acceptors (Lipinski definition) is 3. The Balaban J connectivity index is 0.000000253. The summed E-state index contributed by atoms with van der Waals surface area (Å²) in [6.07, 6.45) is 4.78. The van der Waals surface area contributed by atoms with E-state index in [4.69, 9.17) is 5.73 Å². The first-order chi connectivity index (χ1) is 11.2. The lowest BCUT2D eigenvalue weighted by atomic mass is 10.1. The Hall–Kier alpha value is -2.33. The summed E-state index contributed by atoms with van der Waals surface area (Å²) in [5, 5.41) is 11.8. The second-order valence-corrected chi connectivity index (χ2v) is 5.24. The molecule has 0 saturated heterocycles. The number of unbranched alkanes of at least 4 members (excludes halogenated alkanes) is 1. The Kier molecular flexibility index (Phi) is 9.17. The first-order valence-electron chi connectivity index (χ1n) is 7.97. The lowest BCUT2D eigenvalue weighted by Crippen LogP contribution is -2.01. The minimum absolute atomic E-state index is 0.109. The van der Waals surface area contributed by atoms with Crippen molar-refractivity contribution in [3.63, 3.8) is 0 Å². The van der Waals surface area contributed by atoms with Crippen molar-refractivity contribution in [2.24, 2.45) is 5.73 Å². The number of hydrogen-bond donors (Lipinski definition) is 3. The van der Waals surface area contributed by atoms with Gasteiger partial charge in [-0.25, -0.2) is 0 Å². The molecule has 0 aromatic heterocycles. The van der Waals surface area contributed by atoms with Gasteiger partial charge in [0, 0.05) is 0 Å².